The topological polar surface area (TPSA) is 50.9 Å². The van der Waals surface area contributed by atoms with Crippen LogP contribution in [-0.2, 0) is 0 Å². The number of hydrazine groups is 1. The quantitative estimate of drug-likeness (QED) is 0.620. The zero-order valence-corrected chi connectivity index (χ0v) is 10.4. The zero-order valence-electron chi connectivity index (χ0n) is 10.4. The Bertz CT molecular complexity index is 392. The van der Waals surface area contributed by atoms with Crippen LogP contribution >= 0.6 is 0 Å². The van der Waals surface area contributed by atoms with Crippen molar-refractivity contribution < 1.29 is 0 Å². The zero-order chi connectivity index (χ0) is 11.8. The van der Waals surface area contributed by atoms with Gasteiger partial charge < -0.3 is 0 Å². The van der Waals surface area contributed by atoms with Crippen molar-refractivity contribution >= 4 is 0 Å². The predicted octanol–water partition coefficient (Wildman–Crippen LogP) is 2.33. The van der Waals surface area contributed by atoms with Gasteiger partial charge in [-0.15, -0.1) is 0 Å². The molecule has 3 nitrogen and oxygen atoms in total. The second-order valence-corrected chi connectivity index (χ2v) is 5.57. The van der Waals surface area contributed by atoms with Crippen LogP contribution in [0, 0.1) is 24.7 Å². The van der Waals surface area contributed by atoms with Gasteiger partial charge in [-0.2, -0.15) is 0 Å². The minimum atomic E-state index is 0.303. The molecule has 2 aliphatic carbocycles. The maximum atomic E-state index is 5.79. The molecule has 0 spiro atoms. The molecule has 92 valence electrons. The Morgan fingerprint density at radius 3 is 2.65 bits per heavy atom. The van der Waals surface area contributed by atoms with Crippen molar-refractivity contribution in [1.82, 2.24) is 10.4 Å². The molecule has 0 aromatic carbocycles. The summed E-state index contributed by atoms with van der Waals surface area (Å²) in [5, 5.41) is 0. The molecule has 3 rings (SSSR count). The van der Waals surface area contributed by atoms with Crippen LogP contribution in [0.3, 0.4) is 0 Å². The third kappa shape index (κ3) is 1.87. The molecule has 2 fully saturated rings. The average molecular weight is 231 g/mol. The Hall–Kier alpha value is -0.930. The molecule has 3 N–H and O–H groups in total. The molecule has 3 unspecified atom stereocenters. The molecule has 0 radical (unpaired) electrons. The summed E-state index contributed by atoms with van der Waals surface area (Å²) in [6.07, 6.45) is 9.43. The van der Waals surface area contributed by atoms with Gasteiger partial charge >= 0.3 is 0 Å². The van der Waals surface area contributed by atoms with Gasteiger partial charge in [0.2, 0.25) is 0 Å². The predicted molar refractivity (Wildman–Crippen MR) is 68.0 cm³/mol. The lowest BCUT2D eigenvalue weighted by atomic mass is 9.98. The normalized spacial score (nSPS) is 32.9. The van der Waals surface area contributed by atoms with Crippen molar-refractivity contribution in [2.75, 3.05) is 0 Å². The van der Waals surface area contributed by atoms with E-state index in [2.05, 4.69) is 23.4 Å². The summed E-state index contributed by atoms with van der Waals surface area (Å²) in [7, 11) is 0. The van der Waals surface area contributed by atoms with E-state index in [1.165, 1.54) is 36.8 Å². The van der Waals surface area contributed by atoms with Crippen LogP contribution in [0.15, 0.2) is 18.5 Å². The Labute approximate surface area is 103 Å². The fourth-order valence-corrected chi connectivity index (χ4v) is 3.75. The number of hydrogen-bond acceptors (Lipinski definition) is 3. The molecule has 3 heteroatoms. The van der Waals surface area contributed by atoms with E-state index in [0.29, 0.717) is 6.04 Å². The first-order valence-electron chi connectivity index (χ1n) is 6.69. The Kier molecular flexibility index (Phi) is 2.89. The van der Waals surface area contributed by atoms with E-state index < -0.39 is 0 Å². The number of aryl methyl sites for hydroxylation is 1. The maximum Gasteiger partial charge on any atom is 0.0511 e. The molecule has 0 aliphatic heterocycles. The van der Waals surface area contributed by atoms with Crippen LogP contribution in [0.25, 0.3) is 0 Å². The van der Waals surface area contributed by atoms with Gasteiger partial charge in [-0.3, -0.25) is 16.3 Å². The van der Waals surface area contributed by atoms with Crippen molar-refractivity contribution in [2.24, 2.45) is 23.6 Å². The van der Waals surface area contributed by atoms with Gasteiger partial charge in [-0.25, -0.2) is 0 Å². The monoisotopic (exact) mass is 231 g/mol. The third-order valence-corrected chi connectivity index (χ3v) is 4.70. The molecule has 17 heavy (non-hydrogen) atoms. The standard InChI is InChI=1S/C14H21N3/c1-9-6-7-16-8-12(9)14(17-15)13-10-4-2-3-5-11(10)13/h6-8,10-11,13-14,17H,2-5,15H2,1H3. The van der Waals surface area contributed by atoms with Gasteiger partial charge in [0.1, 0.15) is 0 Å². The molecule has 1 heterocycles. The lowest BCUT2D eigenvalue weighted by Crippen LogP contribution is -2.31. The number of hydrogen-bond donors (Lipinski definition) is 2. The highest BCUT2D eigenvalue weighted by atomic mass is 15.2. The van der Waals surface area contributed by atoms with Gasteiger partial charge in [0.05, 0.1) is 6.04 Å². The summed E-state index contributed by atoms with van der Waals surface area (Å²) in [5.74, 6) is 8.35. The molecule has 0 saturated heterocycles. The minimum absolute atomic E-state index is 0.303. The first-order valence-corrected chi connectivity index (χ1v) is 6.69. The summed E-state index contributed by atoms with van der Waals surface area (Å²) in [6, 6.07) is 2.38. The van der Waals surface area contributed by atoms with Gasteiger partial charge in [0, 0.05) is 12.4 Å². The second kappa shape index (κ2) is 4.39. The van der Waals surface area contributed by atoms with Crippen molar-refractivity contribution in [2.45, 2.75) is 38.6 Å². The second-order valence-electron chi connectivity index (χ2n) is 5.57. The van der Waals surface area contributed by atoms with Crippen LogP contribution in [0.4, 0.5) is 0 Å². The molecule has 1 aromatic rings. The molecular weight excluding hydrogens is 210 g/mol. The highest BCUT2D eigenvalue weighted by Gasteiger charge is 2.54. The van der Waals surface area contributed by atoms with Crippen molar-refractivity contribution in [3.05, 3.63) is 29.6 Å². The highest BCUT2D eigenvalue weighted by molar-refractivity contribution is 5.28. The number of fused-ring (bicyclic) bond motifs is 1. The van der Waals surface area contributed by atoms with Crippen LogP contribution in [-0.4, -0.2) is 4.98 Å². The Morgan fingerprint density at radius 1 is 1.35 bits per heavy atom. The van der Waals surface area contributed by atoms with E-state index >= 15 is 0 Å². The lowest BCUT2D eigenvalue weighted by molar-refractivity contribution is 0.453. The van der Waals surface area contributed by atoms with Crippen LogP contribution in [0.5, 0.6) is 0 Å². The molecule has 0 bridgehead atoms. The minimum Gasteiger partial charge on any atom is -0.271 e. The fraction of sp³-hybridized carbons (Fsp3) is 0.643. The smallest absolute Gasteiger partial charge is 0.0511 e. The fourth-order valence-electron chi connectivity index (χ4n) is 3.75. The number of nitrogens with one attached hydrogen (secondary N) is 1. The van der Waals surface area contributed by atoms with Crippen LogP contribution in [0.2, 0.25) is 0 Å². The van der Waals surface area contributed by atoms with E-state index in [9.17, 15) is 0 Å². The SMILES string of the molecule is Cc1ccncc1C(NN)C1C2CCCCC21. The van der Waals surface area contributed by atoms with Gasteiger partial charge in [0.15, 0.2) is 0 Å². The van der Waals surface area contributed by atoms with Gasteiger partial charge in [0.25, 0.3) is 0 Å². The maximum absolute atomic E-state index is 5.79. The molecular formula is C14H21N3. The van der Waals surface area contributed by atoms with E-state index in [1.807, 2.05) is 12.4 Å². The summed E-state index contributed by atoms with van der Waals surface area (Å²) in [4.78, 5) is 4.25. The van der Waals surface area contributed by atoms with E-state index in [4.69, 9.17) is 5.84 Å². The van der Waals surface area contributed by atoms with Crippen LogP contribution < -0.4 is 11.3 Å². The Balaban J connectivity index is 1.83. The molecule has 0 amide bonds. The van der Waals surface area contributed by atoms with Crippen molar-refractivity contribution in [3.63, 3.8) is 0 Å². The van der Waals surface area contributed by atoms with E-state index in [1.54, 1.807) is 0 Å². The third-order valence-electron chi connectivity index (χ3n) is 4.70. The number of aromatic nitrogens is 1. The first-order chi connectivity index (χ1) is 8.33. The molecule has 3 atom stereocenters. The molecule has 2 aliphatic rings. The Morgan fingerprint density at radius 2 is 2.06 bits per heavy atom. The average Bonchev–Trinajstić information content (AvgIpc) is 3.07. The number of nitrogens with two attached hydrogens (primary N) is 1. The number of pyridine rings is 1. The molecule has 2 saturated carbocycles. The molecule has 1 aromatic heterocycles. The lowest BCUT2D eigenvalue weighted by Gasteiger charge is -2.18. The summed E-state index contributed by atoms with van der Waals surface area (Å²) < 4.78 is 0. The van der Waals surface area contributed by atoms with Crippen molar-refractivity contribution in [1.29, 1.82) is 0 Å². The summed E-state index contributed by atoms with van der Waals surface area (Å²) in [5.41, 5.74) is 5.62. The summed E-state index contributed by atoms with van der Waals surface area (Å²) >= 11 is 0. The van der Waals surface area contributed by atoms with Crippen LogP contribution in [0.1, 0.15) is 42.9 Å². The van der Waals surface area contributed by atoms with Crippen molar-refractivity contribution in [3.8, 4) is 0 Å². The largest absolute Gasteiger partial charge is 0.271 e. The van der Waals surface area contributed by atoms with Gasteiger partial charge in [-0.1, -0.05) is 12.8 Å². The highest BCUT2D eigenvalue weighted by Crippen LogP contribution is 2.60. The number of nitrogens with zero attached hydrogens (tertiary/aromatic N) is 1. The van der Waals surface area contributed by atoms with E-state index in [0.717, 1.165) is 17.8 Å². The first kappa shape index (κ1) is 11.2. The van der Waals surface area contributed by atoms with E-state index in [-0.39, 0.29) is 0 Å². The van der Waals surface area contributed by atoms with Gasteiger partial charge in [-0.05, 0) is 54.7 Å². The summed E-state index contributed by atoms with van der Waals surface area (Å²) in [6.45, 7) is 2.15. The number of rotatable bonds is 3.